The van der Waals surface area contributed by atoms with Gasteiger partial charge in [0.1, 0.15) is 11.1 Å². The van der Waals surface area contributed by atoms with Crippen LogP contribution in [0.15, 0.2) is 23.4 Å². The number of carbonyl (C=O) groups is 2. The van der Waals surface area contributed by atoms with Crippen molar-refractivity contribution in [2.75, 3.05) is 0 Å². The number of nitrogens with zero attached hydrogens (tertiary/aromatic N) is 1. The van der Waals surface area contributed by atoms with Crippen LogP contribution in [-0.4, -0.2) is 39.9 Å². The summed E-state index contributed by atoms with van der Waals surface area (Å²) in [6, 6.07) is 0.229. The molecule has 0 radical (unpaired) electrons. The van der Waals surface area contributed by atoms with E-state index in [9.17, 15) is 31.5 Å². The van der Waals surface area contributed by atoms with Gasteiger partial charge in [0.05, 0.1) is 5.56 Å². The number of carbonyl (C=O) groups excluding carboxylic acids is 1. The predicted octanol–water partition coefficient (Wildman–Crippen LogP) is 2.53. The Morgan fingerprint density at radius 1 is 1.36 bits per heavy atom. The Kier molecular flexibility index (Phi) is 6.09. The van der Waals surface area contributed by atoms with Gasteiger partial charge in [0.15, 0.2) is 0 Å². The first kappa shape index (κ1) is 18.1. The van der Waals surface area contributed by atoms with Crippen LogP contribution in [0.25, 0.3) is 0 Å². The number of hydrogen-bond donors (Lipinski definition) is 2. The number of thioether (sulfide) groups is 1. The first-order valence-electron chi connectivity index (χ1n) is 5.62. The minimum Gasteiger partial charge on any atom is -0.480 e. The van der Waals surface area contributed by atoms with E-state index in [1.54, 1.807) is 5.32 Å². The molecule has 1 aromatic heterocycles. The quantitative estimate of drug-likeness (QED) is 0.612. The minimum absolute atomic E-state index is 0.551. The molecular weight excluding hydrogens is 335 g/mol. The van der Waals surface area contributed by atoms with Gasteiger partial charge in [-0.2, -0.15) is 13.2 Å². The van der Waals surface area contributed by atoms with E-state index in [4.69, 9.17) is 5.11 Å². The lowest BCUT2D eigenvalue weighted by Crippen LogP contribution is -2.42. The molecule has 0 saturated heterocycles. The minimum atomic E-state index is -4.71. The summed E-state index contributed by atoms with van der Waals surface area (Å²) >= 11 is -0.662. The number of pyridine rings is 1. The standard InChI is InChI=1S/C11H9F5N2O3S/c12-7(13)4-6(10(20)21)18-8(19)5-2-1-3-17-9(5)22-11(14,15)16/h1-3,6-7H,4H2,(H,18,19)(H,20,21). The number of aromatic nitrogens is 1. The molecule has 0 saturated carbocycles. The maximum atomic E-state index is 12.3. The summed E-state index contributed by atoms with van der Waals surface area (Å²) in [5.74, 6) is -2.95. The summed E-state index contributed by atoms with van der Waals surface area (Å²) in [4.78, 5) is 26.0. The van der Waals surface area contributed by atoms with Gasteiger partial charge in [-0.1, -0.05) is 0 Å². The highest BCUT2D eigenvalue weighted by atomic mass is 32.2. The molecule has 1 rings (SSSR count). The van der Waals surface area contributed by atoms with E-state index in [0.717, 1.165) is 18.3 Å². The van der Waals surface area contributed by atoms with Crippen LogP contribution < -0.4 is 5.32 Å². The number of aliphatic carboxylic acids is 1. The van der Waals surface area contributed by atoms with E-state index < -0.39 is 58.6 Å². The van der Waals surface area contributed by atoms with Gasteiger partial charge in [-0.3, -0.25) is 4.79 Å². The summed E-state index contributed by atoms with van der Waals surface area (Å²) in [5, 5.41) is 9.78. The SMILES string of the molecule is O=C(NC(CC(F)F)C(=O)O)c1cccnc1SC(F)(F)F. The Hall–Kier alpha value is -1.91. The fraction of sp³-hybridized carbons (Fsp3) is 0.364. The van der Waals surface area contributed by atoms with E-state index in [-0.39, 0.29) is 0 Å². The van der Waals surface area contributed by atoms with Crippen LogP contribution >= 0.6 is 11.8 Å². The molecule has 1 heterocycles. The fourth-order valence-electron chi connectivity index (χ4n) is 1.39. The van der Waals surface area contributed by atoms with Gasteiger partial charge < -0.3 is 10.4 Å². The highest BCUT2D eigenvalue weighted by molar-refractivity contribution is 8.00. The second kappa shape index (κ2) is 7.38. The average molecular weight is 344 g/mol. The van der Waals surface area contributed by atoms with Gasteiger partial charge in [0.25, 0.3) is 5.91 Å². The topological polar surface area (TPSA) is 79.3 Å². The second-order valence-electron chi connectivity index (χ2n) is 3.89. The number of halogens is 5. The van der Waals surface area contributed by atoms with Crippen molar-refractivity contribution in [3.63, 3.8) is 0 Å². The van der Waals surface area contributed by atoms with Crippen LogP contribution in [0.2, 0.25) is 0 Å². The average Bonchev–Trinajstić information content (AvgIpc) is 2.35. The second-order valence-corrected chi connectivity index (χ2v) is 4.95. The molecule has 0 aliphatic rings. The van der Waals surface area contributed by atoms with Crippen LogP contribution in [0.5, 0.6) is 0 Å². The molecule has 1 atom stereocenters. The van der Waals surface area contributed by atoms with Crippen molar-refractivity contribution in [2.24, 2.45) is 0 Å². The van der Waals surface area contributed by atoms with Gasteiger partial charge in [-0.15, -0.1) is 0 Å². The van der Waals surface area contributed by atoms with E-state index >= 15 is 0 Å². The highest BCUT2D eigenvalue weighted by Crippen LogP contribution is 2.37. The van der Waals surface area contributed by atoms with Crippen LogP contribution in [-0.2, 0) is 4.79 Å². The molecule has 11 heteroatoms. The van der Waals surface area contributed by atoms with Crippen molar-refractivity contribution in [3.8, 4) is 0 Å². The molecule has 0 fully saturated rings. The molecule has 1 amide bonds. The number of amides is 1. The third-order valence-corrected chi connectivity index (χ3v) is 3.00. The van der Waals surface area contributed by atoms with Crippen LogP contribution in [0.3, 0.4) is 0 Å². The molecule has 0 aliphatic carbocycles. The summed E-state index contributed by atoms with van der Waals surface area (Å²) in [6.45, 7) is 0. The largest absolute Gasteiger partial charge is 0.480 e. The zero-order chi connectivity index (χ0) is 16.9. The van der Waals surface area contributed by atoms with Crippen molar-refractivity contribution < 1.29 is 36.6 Å². The number of carboxylic acid groups (broad SMARTS) is 1. The monoisotopic (exact) mass is 344 g/mol. The smallest absolute Gasteiger partial charge is 0.447 e. The van der Waals surface area contributed by atoms with E-state index in [2.05, 4.69) is 4.98 Å². The molecule has 2 N–H and O–H groups in total. The maximum absolute atomic E-state index is 12.3. The number of rotatable bonds is 6. The van der Waals surface area contributed by atoms with Crippen LogP contribution in [0.1, 0.15) is 16.8 Å². The van der Waals surface area contributed by atoms with Crippen molar-refractivity contribution in [2.45, 2.75) is 29.4 Å². The molecule has 122 valence electrons. The number of alkyl halides is 5. The van der Waals surface area contributed by atoms with Crippen molar-refractivity contribution >= 4 is 23.6 Å². The van der Waals surface area contributed by atoms with Crippen molar-refractivity contribution in [1.29, 1.82) is 0 Å². The fourth-order valence-corrected chi connectivity index (χ4v) is 1.99. The maximum Gasteiger partial charge on any atom is 0.447 e. The zero-order valence-electron chi connectivity index (χ0n) is 10.6. The summed E-state index contributed by atoms with van der Waals surface area (Å²) < 4.78 is 61.5. The van der Waals surface area contributed by atoms with Gasteiger partial charge in [0.2, 0.25) is 6.43 Å². The molecule has 5 nitrogen and oxygen atoms in total. The Morgan fingerprint density at radius 3 is 2.50 bits per heavy atom. The Morgan fingerprint density at radius 2 is 2.00 bits per heavy atom. The lowest BCUT2D eigenvalue weighted by molar-refractivity contribution is -0.140. The number of hydrogen-bond acceptors (Lipinski definition) is 4. The third kappa shape index (κ3) is 5.84. The van der Waals surface area contributed by atoms with Gasteiger partial charge in [-0.25, -0.2) is 18.6 Å². The van der Waals surface area contributed by atoms with Gasteiger partial charge in [0, 0.05) is 24.4 Å². The van der Waals surface area contributed by atoms with Crippen molar-refractivity contribution in [3.05, 3.63) is 23.9 Å². The zero-order valence-corrected chi connectivity index (χ0v) is 11.4. The summed E-state index contributed by atoms with van der Waals surface area (Å²) in [6.07, 6.45) is -3.15. The van der Waals surface area contributed by atoms with Crippen LogP contribution in [0.4, 0.5) is 22.0 Å². The molecule has 0 spiro atoms. The van der Waals surface area contributed by atoms with Gasteiger partial charge in [-0.05, 0) is 12.1 Å². The van der Waals surface area contributed by atoms with E-state index in [0.29, 0.717) is 0 Å². The van der Waals surface area contributed by atoms with E-state index in [1.165, 1.54) is 0 Å². The Balaban J connectivity index is 2.95. The predicted molar refractivity (Wildman–Crippen MR) is 65.7 cm³/mol. The van der Waals surface area contributed by atoms with Crippen molar-refractivity contribution in [1.82, 2.24) is 10.3 Å². The Labute approximate surface area is 124 Å². The molecule has 0 bridgehead atoms. The molecule has 0 aliphatic heterocycles. The van der Waals surface area contributed by atoms with Gasteiger partial charge >= 0.3 is 11.5 Å². The first-order chi connectivity index (χ1) is 10.1. The molecule has 1 unspecified atom stereocenters. The number of nitrogens with one attached hydrogen (secondary N) is 1. The van der Waals surface area contributed by atoms with Crippen LogP contribution in [0, 0.1) is 0 Å². The Bertz CT molecular complexity index is 553. The molecule has 0 aromatic carbocycles. The lowest BCUT2D eigenvalue weighted by atomic mass is 10.2. The summed E-state index contributed by atoms with van der Waals surface area (Å²) in [7, 11) is 0. The molecule has 22 heavy (non-hydrogen) atoms. The number of carboxylic acids is 1. The molecular formula is C11H9F5N2O3S. The third-order valence-electron chi connectivity index (χ3n) is 2.25. The molecule has 1 aromatic rings. The first-order valence-corrected chi connectivity index (χ1v) is 6.44. The lowest BCUT2D eigenvalue weighted by Gasteiger charge is -2.15. The van der Waals surface area contributed by atoms with E-state index in [1.807, 2.05) is 0 Å². The summed E-state index contributed by atoms with van der Waals surface area (Å²) in [5.41, 5.74) is -5.26. The normalized spacial score (nSPS) is 13.0. The highest BCUT2D eigenvalue weighted by Gasteiger charge is 2.33.